The lowest BCUT2D eigenvalue weighted by Crippen LogP contribution is -2.31. The second kappa shape index (κ2) is 12.0. The number of carbonyl (C=O) groups is 1. The fraction of sp³-hybridized carbons (Fsp3) is 0.270. The lowest BCUT2D eigenvalue weighted by molar-refractivity contribution is 0.262. The number of aromatic nitrogens is 3. The van der Waals surface area contributed by atoms with Crippen LogP contribution in [0.5, 0.6) is 0 Å². The lowest BCUT2D eigenvalue weighted by Gasteiger charge is -2.32. The SMILES string of the molecule is Cc1ccc(-n2nc(C(C)(C)C)cc2NC(=O)Nc2ccc(C3=CC(N(C)c4ccccc4)CCC3)c3ccccc23)cn1. The molecule has 6 rings (SSSR count). The van der Waals surface area contributed by atoms with Crippen LogP contribution in [0.15, 0.2) is 97.2 Å². The molecular weight excluding hydrogens is 544 g/mol. The summed E-state index contributed by atoms with van der Waals surface area (Å²) >= 11 is 0. The van der Waals surface area contributed by atoms with Crippen molar-refractivity contribution in [1.29, 1.82) is 0 Å². The van der Waals surface area contributed by atoms with Crippen molar-refractivity contribution < 1.29 is 4.79 Å². The predicted octanol–water partition coefficient (Wildman–Crippen LogP) is 8.74. The normalized spacial score (nSPS) is 15.1. The Bertz CT molecular complexity index is 1820. The molecule has 1 atom stereocenters. The quantitative estimate of drug-likeness (QED) is 0.209. The summed E-state index contributed by atoms with van der Waals surface area (Å²) in [7, 11) is 2.18. The Kier molecular flexibility index (Phi) is 7.95. The highest BCUT2D eigenvalue weighted by atomic mass is 16.2. The minimum Gasteiger partial charge on any atom is -0.368 e. The van der Waals surface area contributed by atoms with Gasteiger partial charge in [-0.1, -0.05) is 75.4 Å². The van der Waals surface area contributed by atoms with E-state index in [1.807, 2.05) is 37.3 Å². The van der Waals surface area contributed by atoms with Gasteiger partial charge in [0.05, 0.1) is 23.3 Å². The number of aryl methyl sites for hydroxylation is 1. The number of hydrogen-bond acceptors (Lipinski definition) is 4. The summed E-state index contributed by atoms with van der Waals surface area (Å²) in [6.07, 6.45) is 7.48. The summed E-state index contributed by atoms with van der Waals surface area (Å²) in [6, 6.07) is 28.9. The maximum absolute atomic E-state index is 13.5. The molecule has 7 nitrogen and oxygen atoms in total. The van der Waals surface area contributed by atoms with Crippen molar-refractivity contribution in [3.63, 3.8) is 0 Å². The molecule has 0 saturated heterocycles. The molecule has 44 heavy (non-hydrogen) atoms. The van der Waals surface area contributed by atoms with Crippen LogP contribution in [-0.2, 0) is 5.41 Å². The third-order valence-corrected chi connectivity index (χ3v) is 8.38. The van der Waals surface area contributed by atoms with Crippen LogP contribution in [0.25, 0.3) is 22.0 Å². The van der Waals surface area contributed by atoms with Crippen LogP contribution in [0, 0.1) is 6.92 Å². The number of benzene rings is 3. The predicted molar refractivity (Wildman–Crippen MR) is 182 cm³/mol. The highest BCUT2D eigenvalue weighted by Gasteiger charge is 2.23. The first-order valence-electron chi connectivity index (χ1n) is 15.3. The van der Waals surface area contributed by atoms with Crippen molar-refractivity contribution in [3.8, 4) is 5.69 Å². The van der Waals surface area contributed by atoms with E-state index in [0.29, 0.717) is 11.9 Å². The van der Waals surface area contributed by atoms with E-state index in [-0.39, 0.29) is 11.4 Å². The molecule has 1 aliphatic carbocycles. The molecule has 2 heterocycles. The maximum atomic E-state index is 13.5. The highest BCUT2D eigenvalue weighted by Crippen LogP contribution is 2.37. The molecule has 5 aromatic rings. The van der Waals surface area contributed by atoms with Gasteiger partial charge in [0, 0.05) is 41.3 Å². The number of urea groups is 1. The first kappa shape index (κ1) is 29.2. The number of rotatable bonds is 6. The van der Waals surface area contributed by atoms with E-state index >= 15 is 0 Å². The van der Waals surface area contributed by atoms with Crippen molar-refractivity contribution >= 4 is 39.6 Å². The van der Waals surface area contributed by atoms with Crippen LogP contribution in [0.3, 0.4) is 0 Å². The summed E-state index contributed by atoms with van der Waals surface area (Å²) in [4.78, 5) is 20.3. The molecule has 1 unspecified atom stereocenters. The van der Waals surface area contributed by atoms with Gasteiger partial charge in [0.2, 0.25) is 0 Å². The molecule has 2 amide bonds. The fourth-order valence-electron chi connectivity index (χ4n) is 5.86. The van der Waals surface area contributed by atoms with Gasteiger partial charge in [-0.2, -0.15) is 5.10 Å². The van der Waals surface area contributed by atoms with E-state index in [2.05, 4.69) is 109 Å². The van der Waals surface area contributed by atoms with Gasteiger partial charge in [0.1, 0.15) is 5.82 Å². The molecule has 2 N–H and O–H groups in total. The molecule has 1 aliphatic rings. The van der Waals surface area contributed by atoms with Crippen LogP contribution >= 0.6 is 0 Å². The first-order valence-corrected chi connectivity index (χ1v) is 15.3. The minimum atomic E-state index is -0.328. The van der Waals surface area contributed by atoms with Gasteiger partial charge in [0.25, 0.3) is 0 Å². The Labute approximate surface area is 259 Å². The third kappa shape index (κ3) is 6.09. The zero-order chi connectivity index (χ0) is 30.8. The second-order valence-corrected chi connectivity index (χ2v) is 12.6. The fourth-order valence-corrected chi connectivity index (χ4v) is 5.86. The van der Waals surface area contributed by atoms with Crippen molar-refractivity contribution in [2.45, 2.75) is 58.4 Å². The Hall–Kier alpha value is -4.91. The molecule has 224 valence electrons. The molecular formula is C37H40N6O. The first-order chi connectivity index (χ1) is 21.2. The van der Waals surface area contributed by atoms with Crippen LogP contribution < -0.4 is 15.5 Å². The Morgan fingerprint density at radius 1 is 0.932 bits per heavy atom. The molecule has 0 bridgehead atoms. The number of nitrogens with one attached hydrogen (secondary N) is 2. The van der Waals surface area contributed by atoms with E-state index in [4.69, 9.17) is 5.10 Å². The molecule has 0 saturated carbocycles. The van der Waals surface area contributed by atoms with E-state index in [0.717, 1.165) is 52.8 Å². The van der Waals surface area contributed by atoms with Gasteiger partial charge in [-0.15, -0.1) is 0 Å². The van der Waals surface area contributed by atoms with Gasteiger partial charge in [0.15, 0.2) is 0 Å². The Morgan fingerprint density at radius 3 is 2.41 bits per heavy atom. The Morgan fingerprint density at radius 2 is 1.68 bits per heavy atom. The molecule has 0 radical (unpaired) electrons. The molecule has 3 aromatic carbocycles. The molecule has 0 fully saturated rings. The number of fused-ring (bicyclic) bond motifs is 1. The lowest BCUT2D eigenvalue weighted by atomic mass is 9.87. The monoisotopic (exact) mass is 584 g/mol. The van der Waals surface area contributed by atoms with E-state index in [9.17, 15) is 4.79 Å². The van der Waals surface area contributed by atoms with Crippen molar-refractivity contribution in [1.82, 2.24) is 14.8 Å². The highest BCUT2D eigenvalue weighted by molar-refractivity contribution is 6.08. The van der Waals surface area contributed by atoms with Crippen LogP contribution in [0.1, 0.15) is 57.0 Å². The number of likely N-dealkylation sites (N-methyl/N-ethyl adjacent to an activating group) is 1. The van der Waals surface area contributed by atoms with E-state index < -0.39 is 0 Å². The number of allylic oxidation sites excluding steroid dienone is 1. The summed E-state index contributed by atoms with van der Waals surface area (Å²) in [6.45, 7) is 8.26. The average Bonchev–Trinajstić information content (AvgIpc) is 3.46. The number of anilines is 3. The molecule has 0 spiro atoms. The summed E-state index contributed by atoms with van der Waals surface area (Å²) in [5, 5.41) is 13.1. The Balaban J connectivity index is 1.28. The van der Waals surface area contributed by atoms with Crippen molar-refractivity contribution in [2.75, 3.05) is 22.6 Å². The van der Waals surface area contributed by atoms with Crippen LogP contribution in [0.2, 0.25) is 0 Å². The largest absolute Gasteiger partial charge is 0.368 e. The van der Waals surface area contributed by atoms with Crippen molar-refractivity contribution in [2.24, 2.45) is 0 Å². The number of hydrogen-bond donors (Lipinski definition) is 2. The number of pyridine rings is 1. The minimum absolute atomic E-state index is 0.189. The van der Waals surface area contributed by atoms with Crippen molar-refractivity contribution in [3.05, 3.63) is 114 Å². The standard InChI is InChI=1S/C37H40N6O/c1-25-18-19-29(24-38-25)43-35(23-34(41-43)37(2,3)4)40-36(44)39-33-21-20-30(31-16-9-10-17-32(31)33)26-12-11-15-28(22-26)42(5)27-13-7-6-8-14-27/h6-10,13-14,16-24,28H,11-12,15H2,1-5H3,(H2,39,40,44). The topological polar surface area (TPSA) is 75.1 Å². The summed E-state index contributed by atoms with van der Waals surface area (Å²) < 4.78 is 1.74. The molecule has 7 heteroatoms. The van der Waals surface area contributed by atoms with Gasteiger partial charge in [-0.3, -0.25) is 10.3 Å². The summed E-state index contributed by atoms with van der Waals surface area (Å²) in [5.41, 5.74) is 6.94. The van der Waals surface area contributed by atoms with Crippen LogP contribution in [0.4, 0.5) is 22.0 Å². The smallest absolute Gasteiger partial charge is 0.324 e. The number of para-hydroxylation sites is 1. The number of nitrogens with zero attached hydrogens (tertiary/aromatic N) is 4. The second-order valence-electron chi connectivity index (χ2n) is 12.6. The van der Waals surface area contributed by atoms with Gasteiger partial charge in [-0.05, 0) is 73.0 Å². The maximum Gasteiger partial charge on any atom is 0.324 e. The zero-order valence-electron chi connectivity index (χ0n) is 26.1. The third-order valence-electron chi connectivity index (χ3n) is 8.38. The van der Waals surface area contributed by atoms with Gasteiger partial charge >= 0.3 is 6.03 Å². The average molecular weight is 585 g/mol. The van der Waals surface area contributed by atoms with Gasteiger partial charge < -0.3 is 10.2 Å². The molecule has 0 aliphatic heterocycles. The van der Waals surface area contributed by atoms with E-state index in [1.54, 1.807) is 10.9 Å². The number of amides is 2. The number of carbonyl (C=O) groups excluding carboxylic acids is 1. The van der Waals surface area contributed by atoms with Gasteiger partial charge in [-0.25, -0.2) is 9.48 Å². The molecule has 2 aromatic heterocycles. The zero-order valence-corrected chi connectivity index (χ0v) is 26.1. The van der Waals surface area contributed by atoms with E-state index in [1.165, 1.54) is 16.8 Å². The summed E-state index contributed by atoms with van der Waals surface area (Å²) in [5.74, 6) is 0.583. The van der Waals surface area contributed by atoms with Crippen LogP contribution in [-0.4, -0.2) is 33.9 Å².